The second kappa shape index (κ2) is 4.05. The molecule has 2 aromatic heterocycles. The Morgan fingerprint density at radius 1 is 1.56 bits per heavy atom. The fourth-order valence-corrected chi connectivity index (χ4v) is 1.28. The Bertz CT molecular complexity index is 543. The number of nitrogens with zero attached hydrogens (tertiary/aromatic N) is 2. The molecule has 7 heteroatoms. The van der Waals surface area contributed by atoms with Gasteiger partial charge in [0.2, 0.25) is 0 Å². The Morgan fingerprint density at radius 2 is 2.38 bits per heavy atom. The molecular weight excluding hydrogens is 208 g/mol. The first-order valence-electron chi connectivity index (χ1n) is 4.74. The van der Waals surface area contributed by atoms with Crippen molar-refractivity contribution in [1.82, 2.24) is 20.2 Å². The molecule has 7 nitrogen and oxygen atoms in total. The van der Waals surface area contributed by atoms with Gasteiger partial charge in [-0.05, 0) is 6.92 Å². The van der Waals surface area contributed by atoms with E-state index in [1.54, 1.807) is 6.20 Å². The minimum atomic E-state index is -0.346. The zero-order valence-corrected chi connectivity index (χ0v) is 8.74. The van der Waals surface area contributed by atoms with Gasteiger partial charge in [-0.15, -0.1) is 0 Å². The van der Waals surface area contributed by atoms with Crippen LogP contribution in [0.15, 0.2) is 17.3 Å². The van der Waals surface area contributed by atoms with Gasteiger partial charge in [-0.2, -0.15) is 5.10 Å². The van der Waals surface area contributed by atoms with Crippen molar-refractivity contribution in [2.45, 2.75) is 13.5 Å². The van der Waals surface area contributed by atoms with Crippen LogP contribution in [0, 0.1) is 6.92 Å². The molecule has 0 aliphatic heterocycles. The largest absolute Gasteiger partial charge is 0.391 e. The number of nitrogens with one attached hydrogen (secondary N) is 3. The van der Waals surface area contributed by atoms with Crippen LogP contribution in [0.1, 0.15) is 11.3 Å². The molecule has 0 aliphatic carbocycles. The number of hydrogen-bond acceptors (Lipinski definition) is 5. The Balaban J connectivity index is 2.14. The molecule has 0 bridgehead atoms. The third-order valence-corrected chi connectivity index (χ3v) is 2.27. The minimum Gasteiger partial charge on any atom is -0.391 e. The zero-order valence-electron chi connectivity index (χ0n) is 8.74. The number of nitrogens with two attached hydrogens (primary N) is 1. The number of anilines is 2. The summed E-state index contributed by atoms with van der Waals surface area (Å²) in [5.41, 5.74) is 7.28. The Morgan fingerprint density at radius 3 is 3.06 bits per heavy atom. The highest BCUT2D eigenvalue weighted by atomic mass is 16.1. The lowest BCUT2D eigenvalue weighted by Gasteiger charge is -2.05. The highest BCUT2D eigenvalue weighted by molar-refractivity contribution is 5.58. The third kappa shape index (κ3) is 1.88. The lowest BCUT2D eigenvalue weighted by molar-refractivity contribution is 1.03. The maximum atomic E-state index is 11.2. The molecule has 0 atom stereocenters. The highest BCUT2D eigenvalue weighted by Crippen LogP contribution is 2.10. The smallest absolute Gasteiger partial charge is 0.276 e. The molecule has 0 aromatic carbocycles. The fraction of sp³-hybridized carbons (Fsp3) is 0.222. The monoisotopic (exact) mass is 220 g/mol. The number of H-pyrrole nitrogens is 2. The van der Waals surface area contributed by atoms with Crippen LogP contribution in [0.2, 0.25) is 0 Å². The van der Waals surface area contributed by atoms with Crippen LogP contribution in [0.4, 0.5) is 11.5 Å². The van der Waals surface area contributed by atoms with E-state index >= 15 is 0 Å². The number of aryl methyl sites for hydroxylation is 1. The molecule has 0 saturated heterocycles. The van der Waals surface area contributed by atoms with Crippen molar-refractivity contribution in [2.24, 2.45) is 0 Å². The quantitative estimate of drug-likeness (QED) is 0.581. The molecule has 0 fully saturated rings. The van der Waals surface area contributed by atoms with Crippen molar-refractivity contribution in [3.05, 3.63) is 34.1 Å². The van der Waals surface area contributed by atoms with Crippen molar-refractivity contribution in [1.29, 1.82) is 0 Å². The van der Waals surface area contributed by atoms with E-state index in [4.69, 9.17) is 5.73 Å². The van der Waals surface area contributed by atoms with Crippen molar-refractivity contribution in [3.63, 3.8) is 0 Å². The summed E-state index contributed by atoms with van der Waals surface area (Å²) < 4.78 is 0. The number of rotatable bonds is 3. The van der Waals surface area contributed by atoms with Crippen LogP contribution in [0.3, 0.4) is 0 Å². The Hall–Kier alpha value is -2.31. The average Bonchev–Trinajstić information content (AvgIpc) is 2.67. The van der Waals surface area contributed by atoms with Gasteiger partial charge in [0.15, 0.2) is 5.82 Å². The lowest BCUT2D eigenvalue weighted by Crippen LogP contribution is -2.16. The normalized spacial score (nSPS) is 10.3. The SMILES string of the molecule is Cc1[nH]ncc1CNc1nc[nH]c(=O)c1N. The summed E-state index contributed by atoms with van der Waals surface area (Å²) in [6, 6.07) is 0. The molecule has 2 rings (SSSR count). The van der Waals surface area contributed by atoms with Gasteiger partial charge >= 0.3 is 0 Å². The summed E-state index contributed by atoms with van der Waals surface area (Å²) in [7, 11) is 0. The molecule has 84 valence electrons. The number of nitrogen functional groups attached to an aromatic ring is 1. The van der Waals surface area contributed by atoms with Gasteiger partial charge in [0.1, 0.15) is 5.69 Å². The molecule has 2 heterocycles. The summed E-state index contributed by atoms with van der Waals surface area (Å²) in [5.74, 6) is 0.379. The first-order chi connectivity index (χ1) is 7.68. The summed E-state index contributed by atoms with van der Waals surface area (Å²) >= 11 is 0. The molecule has 0 amide bonds. The lowest BCUT2D eigenvalue weighted by atomic mass is 10.2. The van der Waals surface area contributed by atoms with Crippen LogP contribution in [0.5, 0.6) is 0 Å². The molecule has 2 aromatic rings. The predicted molar refractivity (Wildman–Crippen MR) is 59.9 cm³/mol. The van der Waals surface area contributed by atoms with Crippen molar-refractivity contribution >= 4 is 11.5 Å². The van der Waals surface area contributed by atoms with Gasteiger partial charge < -0.3 is 16.0 Å². The van der Waals surface area contributed by atoms with Crippen LogP contribution < -0.4 is 16.6 Å². The number of aromatic amines is 2. The molecular formula is C9H12N6O. The fourth-order valence-electron chi connectivity index (χ4n) is 1.28. The molecule has 16 heavy (non-hydrogen) atoms. The maximum Gasteiger partial charge on any atom is 0.276 e. The predicted octanol–water partition coefficient (Wildman–Crippen LogP) is -0.00428. The molecule has 5 N–H and O–H groups in total. The van der Waals surface area contributed by atoms with Crippen LogP contribution in [-0.2, 0) is 6.54 Å². The van der Waals surface area contributed by atoms with Crippen molar-refractivity contribution in [3.8, 4) is 0 Å². The Kier molecular flexibility index (Phi) is 2.59. The highest BCUT2D eigenvalue weighted by Gasteiger charge is 2.05. The summed E-state index contributed by atoms with van der Waals surface area (Å²) in [6.07, 6.45) is 3.02. The van der Waals surface area contributed by atoms with Gasteiger partial charge in [0.05, 0.1) is 12.5 Å². The second-order valence-electron chi connectivity index (χ2n) is 3.37. The standard InChI is InChI=1S/C9H12N6O/c1-5-6(3-14-15-5)2-11-8-7(10)9(16)13-4-12-8/h3-4H,2,10H2,1H3,(H,14,15)(H2,11,12,13,16). The molecule has 0 radical (unpaired) electrons. The second-order valence-corrected chi connectivity index (χ2v) is 3.37. The topological polar surface area (TPSA) is 112 Å². The zero-order chi connectivity index (χ0) is 11.5. The van der Waals surface area contributed by atoms with E-state index in [9.17, 15) is 4.79 Å². The third-order valence-electron chi connectivity index (χ3n) is 2.27. The average molecular weight is 220 g/mol. The van der Waals surface area contributed by atoms with E-state index in [2.05, 4.69) is 25.5 Å². The minimum absolute atomic E-state index is 0.0867. The van der Waals surface area contributed by atoms with Gasteiger partial charge in [0, 0.05) is 17.8 Å². The summed E-state index contributed by atoms with van der Waals surface area (Å²) in [5, 5.41) is 9.69. The van der Waals surface area contributed by atoms with E-state index in [1.165, 1.54) is 6.33 Å². The van der Waals surface area contributed by atoms with Crippen LogP contribution in [0.25, 0.3) is 0 Å². The molecule has 0 unspecified atom stereocenters. The Labute approximate surface area is 91.1 Å². The number of aromatic nitrogens is 4. The number of hydrogen-bond donors (Lipinski definition) is 4. The first-order valence-corrected chi connectivity index (χ1v) is 4.74. The van der Waals surface area contributed by atoms with E-state index < -0.39 is 0 Å². The summed E-state index contributed by atoms with van der Waals surface area (Å²) in [6.45, 7) is 2.43. The van der Waals surface area contributed by atoms with E-state index in [0.717, 1.165) is 11.3 Å². The van der Waals surface area contributed by atoms with Gasteiger partial charge in [-0.3, -0.25) is 9.89 Å². The van der Waals surface area contributed by atoms with Crippen LogP contribution >= 0.6 is 0 Å². The van der Waals surface area contributed by atoms with Gasteiger partial charge in [0.25, 0.3) is 5.56 Å². The maximum absolute atomic E-state index is 11.2. The van der Waals surface area contributed by atoms with Crippen LogP contribution in [-0.4, -0.2) is 20.2 Å². The first kappa shape index (κ1) is 10.2. The van der Waals surface area contributed by atoms with E-state index in [0.29, 0.717) is 12.4 Å². The van der Waals surface area contributed by atoms with Crippen molar-refractivity contribution in [2.75, 3.05) is 11.1 Å². The molecule has 0 saturated carbocycles. The van der Waals surface area contributed by atoms with E-state index in [1.807, 2.05) is 6.92 Å². The van der Waals surface area contributed by atoms with Gasteiger partial charge in [-0.1, -0.05) is 0 Å². The summed E-state index contributed by atoms with van der Waals surface area (Å²) in [4.78, 5) is 17.5. The molecule has 0 aliphatic rings. The van der Waals surface area contributed by atoms with E-state index in [-0.39, 0.29) is 11.2 Å². The van der Waals surface area contributed by atoms with Gasteiger partial charge in [-0.25, -0.2) is 4.98 Å². The molecule has 0 spiro atoms. The van der Waals surface area contributed by atoms with Crippen molar-refractivity contribution < 1.29 is 0 Å².